The minimum Gasteiger partial charge on any atom is -0.481 e. The molecule has 92 valence electrons. The van der Waals surface area contributed by atoms with Crippen molar-refractivity contribution in [2.75, 3.05) is 5.75 Å². The number of aliphatic carboxylic acids is 1. The Labute approximate surface area is 100 Å². The van der Waals surface area contributed by atoms with Crippen molar-refractivity contribution >= 4 is 15.8 Å². The van der Waals surface area contributed by atoms with Gasteiger partial charge in [-0.25, -0.2) is 8.42 Å². The van der Waals surface area contributed by atoms with Crippen molar-refractivity contribution in [2.45, 2.75) is 30.1 Å². The smallest absolute Gasteiger partial charge is 0.314 e. The predicted molar refractivity (Wildman–Crippen MR) is 62.7 cm³/mol. The summed E-state index contributed by atoms with van der Waals surface area (Å²) in [4.78, 5) is 11.4. The number of rotatable bonds is 4. The second kappa shape index (κ2) is 3.84. The van der Waals surface area contributed by atoms with E-state index in [1.807, 2.05) is 0 Å². The highest BCUT2D eigenvalue weighted by atomic mass is 32.2. The first-order valence-corrected chi connectivity index (χ1v) is 7.15. The monoisotopic (exact) mass is 254 g/mol. The molecule has 0 radical (unpaired) electrons. The molecule has 2 rings (SSSR count). The van der Waals surface area contributed by atoms with E-state index in [-0.39, 0.29) is 10.6 Å². The lowest BCUT2D eigenvalue weighted by Crippen LogP contribution is -2.22. The topological polar surface area (TPSA) is 71.4 Å². The Bertz CT molecular complexity index is 556. The summed E-state index contributed by atoms with van der Waals surface area (Å²) in [6.07, 6.45) is 1.02. The number of sulfone groups is 1. The molecule has 0 unspecified atom stereocenters. The molecule has 0 amide bonds. The molecule has 0 bridgehead atoms. The van der Waals surface area contributed by atoms with Crippen LogP contribution in [-0.4, -0.2) is 25.2 Å². The summed E-state index contributed by atoms with van der Waals surface area (Å²) in [7, 11) is -3.37. The van der Waals surface area contributed by atoms with Crippen molar-refractivity contribution in [3.63, 3.8) is 0 Å². The Morgan fingerprint density at radius 2 is 1.94 bits per heavy atom. The third-order valence-electron chi connectivity index (χ3n) is 3.28. The Morgan fingerprint density at radius 1 is 1.35 bits per heavy atom. The molecule has 1 fully saturated rings. The van der Waals surface area contributed by atoms with Crippen LogP contribution in [0.3, 0.4) is 0 Å². The van der Waals surface area contributed by atoms with Crippen molar-refractivity contribution in [1.82, 2.24) is 0 Å². The van der Waals surface area contributed by atoms with Gasteiger partial charge in [0.25, 0.3) is 0 Å². The number of hydrogen-bond acceptors (Lipinski definition) is 3. The quantitative estimate of drug-likeness (QED) is 0.885. The molecule has 1 N–H and O–H groups in total. The van der Waals surface area contributed by atoms with E-state index in [1.165, 1.54) is 6.07 Å². The first-order valence-electron chi connectivity index (χ1n) is 5.50. The molecule has 0 heterocycles. The molecule has 0 saturated heterocycles. The maximum Gasteiger partial charge on any atom is 0.314 e. The van der Waals surface area contributed by atoms with Crippen molar-refractivity contribution in [3.05, 3.63) is 29.8 Å². The van der Waals surface area contributed by atoms with Gasteiger partial charge in [0.05, 0.1) is 16.1 Å². The van der Waals surface area contributed by atoms with E-state index in [4.69, 9.17) is 0 Å². The highest BCUT2D eigenvalue weighted by Crippen LogP contribution is 2.50. The summed E-state index contributed by atoms with van der Waals surface area (Å²) in [5, 5.41) is 9.23. The second-order valence-electron chi connectivity index (χ2n) is 4.29. The minimum absolute atomic E-state index is 0.0142. The van der Waals surface area contributed by atoms with E-state index in [0.29, 0.717) is 18.4 Å². The SMILES string of the molecule is CCS(=O)(=O)c1ccccc1C1(C(=O)O)CC1. The van der Waals surface area contributed by atoms with Gasteiger partial charge in [-0.15, -0.1) is 0 Å². The third kappa shape index (κ3) is 1.84. The lowest BCUT2D eigenvalue weighted by molar-refractivity contribution is -0.140. The molecule has 1 aliphatic rings. The van der Waals surface area contributed by atoms with Gasteiger partial charge in [0, 0.05) is 0 Å². The van der Waals surface area contributed by atoms with E-state index in [2.05, 4.69) is 0 Å². The number of carboxylic acid groups (broad SMARTS) is 1. The average molecular weight is 254 g/mol. The first kappa shape index (κ1) is 12.1. The van der Waals surface area contributed by atoms with Crippen LogP contribution in [0.5, 0.6) is 0 Å². The van der Waals surface area contributed by atoms with Gasteiger partial charge < -0.3 is 5.11 Å². The van der Waals surface area contributed by atoms with E-state index in [9.17, 15) is 18.3 Å². The van der Waals surface area contributed by atoms with Gasteiger partial charge in [-0.3, -0.25) is 4.79 Å². The van der Waals surface area contributed by atoms with Crippen LogP contribution in [0.1, 0.15) is 25.3 Å². The Hall–Kier alpha value is -1.36. The summed E-state index contributed by atoms with van der Waals surface area (Å²) in [6.45, 7) is 1.56. The van der Waals surface area contributed by atoms with E-state index in [1.54, 1.807) is 25.1 Å². The number of benzene rings is 1. The Balaban J connectivity index is 2.61. The normalized spacial score (nSPS) is 17.7. The molecular weight excluding hydrogens is 240 g/mol. The van der Waals surface area contributed by atoms with Crippen molar-refractivity contribution in [1.29, 1.82) is 0 Å². The predicted octanol–water partition coefficient (Wildman–Crippen LogP) is 1.60. The third-order valence-corrected chi connectivity index (χ3v) is 5.06. The molecule has 0 aliphatic heterocycles. The zero-order valence-corrected chi connectivity index (χ0v) is 10.3. The zero-order valence-electron chi connectivity index (χ0n) is 9.51. The highest BCUT2D eigenvalue weighted by molar-refractivity contribution is 7.91. The second-order valence-corrected chi connectivity index (χ2v) is 6.53. The molecule has 1 aromatic rings. The lowest BCUT2D eigenvalue weighted by Gasteiger charge is -2.15. The summed E-state index contributed by atoms with van der Waals surface area (Å²) in [5.41, 5.74) is -0.534. The van der Waals surface area contributed by atoms with Gasteiger partial charge in [-0.1, -0.05) is 25.1 Å². The summed E-state index contributed by atoms with van der Waals surface area (Å²) < 4.78 is 23.9. The molecular formula is C12H14O4S. The standard InChI is InChI=1S/C12H14O4S/c1-2-17(15,16)10-6-4-3-5-9(10)12(7-8-12)11(13)14/h3-6H,2,7-8H2,1H3,(H,13,14). The first-order chi connectivity index (χ1) is 7.94. The van der Waals surface area contributed by atoms with Gasteiger partial charge in [-0.2, -0.15) is 0 Å². The molecule has 5 heteroatoms. The van der Waals surface area contributed by atoms with Crippen LogP contribution in [0, 0.1) is 0 Å². The fraction of sp³-hybridized carbons (Fsp3) is 0.417. The van der Waals surface area contributed by atoms with E-state index >= 15 is 0 Å². The van der Waals surface area contributed by atoms with Crippen molar-refractivity contribution in [3.8, 4) is 0 Å². The van der Waals surface area contributed by atoms with Crippen molar-refractivity contribution < 1.29 is 18.3 Å². The summed E-state index contributed by atoms with van der Waals surface area (Å²) >= 11 is 0. The Kier molecular flexibility index (Phi) is 2.73. The molecule has 0 spiro atoms. The van der Waals surface area contributed by atoms with E-state index in [0.717, 1.165) is 0 Å². The van der Waals surface area contributed by atoms with Crippen LogP contribution in [0.2, 0.25) is 0 Å². The fourth-order valence-electron chi connectivity index (χ4n) is 2.01. The van der Waals surface area contributed by atoms with Gasteiger partial charge in [-0.05, 0) is 24.5 Å². The van der Waals surface area contributed by atoms with E-state index < -0.39 is 21.2 Å². The van der Waals surface area contributed by atoms with Crippen LogP contribution in [0.15, 0.2) is 29.2 Å². The molecule has 17 heavy (non-hydrogen) atoms. The fourth-order valence-corrected chi connectivity index (χ4v) is 3.21. The molecule has 4 nitrogen and oxygen atoms in total. The number of carbonyl (C=O) groups is 1. The zero-order chi connectivity index (χ0) is 12.7. The largest absolute Gasteiger partial charge is 0.481 e. The number of hydrogen-bond donors (Lipinski definition) is 1. The summed E-state index contributed by atoms with van der Waals surface area (Å²) in [5.74, 6) is -0.948. The molecule has 1 aliphatic carbocycles. The average Bonchev–Trinajstić information content (AvgIpc) is 3.10. The van der Waals surface area contributed by atoms with Crippen LogP contribution in [0.4, 0.5) is 0 Å². The van der Waals surface area contributed by atoms with Gasteiger partial charge in [0.1, 0.15) is 0 Å². The molecule has 1 saturated carbocycles. The Morgan fingerprint density at radius 3 is 2.41 bits per heavy atom. The number of carboxylic acids is 1. The molecule has 1 aromatic carbocycles. The van der Waals surface area contributed by atoms with Crippen LogP contribution in [0.25, 0.3) is 0 Å². The van der Waals surface area contributed by atoms with Gasteiger partial charge in [0.15, 0.2) is 9.84 Å². The van der Waals surface area contributed by atoms with Crippen molar-refractivity contribution in [2.24, 2.45) is 0 Å². The van der Waals surface area contributed by atoms with Crippen LogP contribution < -0.4 is 0 Å². The molecule has 0 atom stereocenters. The van der Waals surface area contributed by atoms with Gasteiger partial charge in [0.2, 0.25) is 0 Å². The summed E-state index contributed by atoms with van der Waals surface area (Å²) in [6, 6.07) is 6.43. The minimum atomic E-state index is -3.37. The molecule has 0 aromatic heterocycles. The van der Waals surface area contributed by atoms with Gasteiger partial charge >= 0.3 is 5.97 Å². The van der Waals surface area contributed by atoms with Crippen LogP contribution >= 0.6 is 0 Å². The highest BCUT2D eigenvalue weighted by Gasteiger charge is 2.53. The maximum atomic E-state index is 11.9. The van der Waals surface area contributed by atoms with Crippen LogP contribution in [-0.2, 0) is 20.0 Å². The lowest BCUT2D eigenvalue weighted by atomic mass is 9.96. The maximum absolute atomic E-state index is 11.9.